The fraction of sp³-hybridized carbons (Fsp3) is 0.857. The number of carboxylic acids is 1. The van der Waals surface area contributed by atoms with Crippen LogP contribution in [0.1, 0.15) is 32.1 Å². The van der Waals surface area contributed by atoms with E-state index in [-0.39, 0.29) is 18.1 Å². The number of likely N-dealkylation sites (tertiary alicyclic amines) is 1. The first kappa shape index (κ1) is 15.1. The fourth-order valence-corrected chi connectivity index (χ4v) is 3.38. The van der Waals surface area contributed by atoms with Crippen LogP contribution in [0.2, 0.25) is 0 Å². The van der Waals surface area contributed by atoms with Gasteiger partial charge < -0.3 is 20.2 Å². The van der Waals surface area contributed by atoms with Gasteiger partial charge in [0.25, 0.3) is 0 Å². The first-order valence-corrected chi connectivity index (χ1v) is 7.43. The third-order valence-electron chi connectivity index (χ3n) is 4.36. The van der Waals surface area contributed by atoms with Crippen molar-refractivity contribution < 1.29 is 14.7 Å². The summed E-state index contributed by atoms with van der Waals surface area (Å²) < 4.78 is 0. The van der Waals surface area contributed by atoms with Gasteiger partial charge in [0, 0.05) is 25.2 Å². The van der Waals surface area contributed by atoms with Crippen LogP contribution in [-0.2, 0) is 4.79 Å². The van der Waals surface area contributed by atoms with Gasteiger partial charge in [0.05, 0.1) is 5.92 Å². The number of likely N-dealkylation sites (N-methyl/N-ethyl adjacent to an activating group) is 1. The summed E-state index contributed by atoms with van der Waals surface area (Å²) in [7, 11) is 4.01. The van der Waals surface area contributed by atoms with E-state index < -0.39 is 11.9 Å². The topological polar surface area (TPSA) is 72.9 Å². The largest absolute Gasteiger partial charge is 0.481 e. The van der Waals surface area contributed by atoms with E-state index in [2.05, 4.69) is 10.2 Å². The van der Waals surface area contributed by atoms with Crippen molar-refractivity contribution in [3.8, 4) is 0 Å². The van der Waals surface area contributed by atoms with E-state index in [1.165, 1.54) is 0 Å². The quantitative estimate of drug-likeness (QED) is 0.806. The minimum atomic E-state index is -0.793. The number of nitrogens with zero attached hydrogens (tertiary/aromatic N) is 2. The molecule has 1 saturated carbocycles. The second-order valence-electron chi connectivity index (χ2n) is 6.18. The molecule has 2 fully saturated rings. The molecule has 3 unspecified atom stereocenters. The first-order valence-electron chi connectivity index (χ1n) is 7.43. The second-order valence-corrected chi connectivity index (χ2v) is 6.18. The van der Waals surface area contributed by atoms with Crippen molar-refractivity contribution in [3.63, 3.8) is 0 Å². The summed E-state index contributed by atoms with van der Waals surface area (Å²) in [5.41, 5.74) is 0. The lowest BCUT2D eigenvalue weighted by Crippen LogP contribution is -2.50. The Labute approximate surface area is 120 Å². The van der Waals surface area contributed by atoms with Gasteiger partial charge in [-0.3, -0.25) is 4.79 Å². The predicted molar refractivity (Wildman–Crippen MR) is 75.6 cm³/mol. The molecule has 0 aromatic heterocycles. The molecule has 0 aromatic rings. The molecule has 2 rings (SSSR count). The SMILES string of the molecule is CN(C)CC1CCCN1C(=O)NC1CCCC1C(=O)O. The molecule has 6 nitrogen and oxygen atoms in total. The lowest BCUT2D eigenvalue weighted by atomic mass is 10.0. The maximum absolute atomic E-state index is 12.4. The molecule has 20 heavy (non-hydrogen) atoms. The maximum atomic E-state index is 12.4. The molecule has 1 saturated heterocycles. The average Bonchev–Trinajstić information content (AvgIpc) is 2.96. The highest BCUT2D eigenvalue weighted by atomic mass is 16.4. The van der Waals surface area contributed by atoms with Crippen molar-refractivity contribution in [3.05, 3.63) is 0 Å². The van der Waals surface area contributed by atoms with Crippen LogP contribution in [0.25, 0.3) is 0 Å². The summed E-state index contributed by atoms with van der Waals surface area (Å²) in [5, 5.41) is 12.1. The number of hydrogen-bond donors (Lipinski definition) is 2. The Morgan fingerprint density at radius 2 is 2.00 bits per heavy atom. The summed E-state index contributed by atoms with van der Waals surface area (Å²) in [4.78, 5) is 27.5. The van der Waals surface area contributed by atoms with Crippen LogP contribution in [0.15, 0.2) is 0 Å². The van der Waals surface area contributed by atoms with Crippen LogP contribution in [0.3, 0.4) is 0 Å². The predicted octanol–water partition coefficient (Wildman–Crippen LogP) is 0.975. The average molecular weight is 283 g/mol. The number of hydrogen-bond acceptors (Lipinski definition) is 3. The Balaban J connectivity index is 1.92. The number of urea groups is 1. The molecular formula is C14H25N3O3. The Morgan fingerprint density at radius 3 is 2.65 bits per heavy atom. The minimum Gasteiger partial charge on any atom is -0.481 e. The molecule has 1 aliphatic carbocycles. The number of rotatable bonds is 4. The standard InChI is InChI=1S/C14H25N3O3/c1-16(2)9-10-5-4-8-17(10)14(20)15-12-7-3-6-11(12)13(18)19/h10-12H,3-9H2,1-2H3,(H,15,20)(H,18,19). The van der Waals surface area contributed by atoms with Crippen molar-refractivity contribution in [2.24, 2.45) is 5.92 Å². The van der Waals surface area contributed by atoms with Gasteiger partial charge >= 0.3 is 12.0 Å². The Hall–Kier alpha value is -1.30. The van der Waals surface area contributed by atoms with Crippen LogP contribution in [-0.4, -0.2) is 66.2 Å². The lowest BCUT2D eigenvalue weighted by molar-refractivity contribution is -0.142. The number of carbonyl (C=O) groups is 2. The molecule has 114 valence electrons. The highest BCUT2D eigenvalue weighted by molar-refractivity contribution is 5.77. The van der Waals surface area contributed by atoms with Crippen molar-refractivity contribution >= 4 is 12.0 Å². The summed E-state index contributed by atoms with van der Waals surface area (Å²) in [6.07, 6.45) is 4.37. The smallest absolute Gasteiger partial charge is 0.317 e. The summed E-state index contributed by atoms with van der Waals surface area (Å²) in [6.45, 7) is 1.63. The van der Waals surface area contributed by atoms with Gasteiger partial charge in [0.2, 0.25) is 0 Å². The molecule has 0 spiro atoms. The maximum Gasteiger partial charge on any atom is 0.317 e. The third kappa shape index (κ3) is 3.42. The molecule has 0 radical (unpaired) electrons. The van der Waals surface area contributed by atoms with Crippen molar-refractivity contribution in [2.75, 3.05) is 27.2 Å². The van der Waals surface area contributed by atoms with Gasteiger partial charge in [-0.1, -0.05) is 6.42 Å². The van der Waals surface area contributed by atoms with Gasteiger partial charge in [-0.2, -0.15) is 0 Å². The van der Waals surface area contributed by atoms with Gasteiger partial charge in [-0.05, 0) is 39.8 Å². The first-order chi connectivity index (χ1) is 9.49. The Kier molecular flexibility index (Phi) is 4.86. The van der Waals surface area contributed by atoms with Crippen molar-refractivity contribution in [1.29, 1.82) is 0 Å². The number of amides is 2. The van der Waals surface area contributed by atoms with E-state index in [9.17, 15) is 9.59 Å². The van der Waals surface area contributed by atoms with E-state index in [0.29, 0.717) is 6.42 Å². The van der Waals surface area contributed by atoms with E-state index in [1.54, 1.807) is 0 Å². The molecule has 2 amide bonds. The molecule has 0 bridgehead atoms. The Bertz CT molecular complexity index is 373. The summed E-state index contributed by atoms with van der Waals surface area (Å²) in [6, 6.07) is -0.0530. The molecule has 2 aliphatic rings. The van der Waals surface area contributed by atoms with Crippen LogP contribution >= 0.6 is 0 Å². The van der Waals surface area contributed by atoms with Crippen LogP contribution in [0.5, 0.6) is 0 Å². The molecular weight excluding hydrogens is 258 g/mol. The van der Waals surface area contributed by atoms with Crippen molar-refractivity contribution in [1.82, 2.24) is 15.1 Å². The number of carboxylic acid groups (broad SMARTS) is 1. The second kappa shape index (κ2) is 6.43. The third-order valence-corrected chi connectivity index (χ3v) is 4.36. The molecule has 1 heterocycles. The van der Waals surface area contributed by atoms with Crippen LogP contribution < -0.4 is 5.32 Å². The monoisotopic (exact) mass is 283 g/mol. The summed E-state index contributed by atoms with van der Waals surface area (Å²) >= 11 is 0. The molecule has 6 heteroatoms. The lowest BCUT2D eigenvalue weighted by Gasteiger charge is -2.29. The zero-order valence-electron chi connectivity index (χ0n) is 12.3. The van der Waals surface area contributed by atoms with Crippen molar-refractivity contribution in [2.45, 2.75) is 44.2 Å². The minimum absolute atomic E-state index is 0.0903. The number of carbonyl (C=O) groups excluding carboxylic acids is 1. The zero-order chi connectivity index (χ0) is 14.7. The normalized spacial score (nSPS) is 29.9. The van der Waals surface area contributed by atoms with E-state index >= 15 is 0 Å². The zero-order valence-corrected chi connectivity index (χ0v) is 12.3. The van der Waals surface area contributed by atoms with Gasteiger partial charge in [-0.15, -0.1) is 0 Å². The van der Waals surface area contributed by atoms with Gasteiger partial charge in [0.15, 0.2) is 0 Å². The number of aliphatic carboxylic acids is 1. The molecule has 1 aliphatic heterocycles. The van der Waals surface area contributed by atoms with Crippen LogP contribution in [0, 0.1) is 5.92 Å². The van der Waals surface area contributed by atoms with E-state index in [0.717, 1.165) is 38.8 Å². The molecule has 3 atom stereocenters. The molecule has 0 aromatic carbocycles. The fourth-order valence-electron chi connectivity index (χ4n) is 3.38. The number of nitrogens with one attached hydrogen (secondary N) is 1. The van der Waals surface area contributed by atoms with Gasteiger partial charge in [0.1, 0.15) is 0 Å². The van der Waals surface area contributed by atoms with E-state index in [4.69, 9.17) is 5.11 Å². The van der Waals surface area contributed by atoms with Gasteiger partial charge in [-0.25, -0.2) is 4.79 Å². The molecule has 2 N–H and O–H groups in total. The van der Waals surface area contributed by atoms with Crippen LogP contribution in [0.4, 0.5) is 4.79 Å². The highest BCUT2D eigenvalue weighted by Gasteiger charge is 2.36. The summed E-state index contributed by atoms with van der Waals surface area (Å²) in [5.74, 6) is -1.21. The Morgan fingerprint density at radius 1 is 1.25 bits per heavy atom. The van der Waals surface area contributed by atoms with E-state index in [1.807, 2.05) is 19.0 Å². The highest BCUT2D eigenvalue weighted by Crippen LogP contribution is 2.26.